The minimum atomic E-state index is -1.10. The van der Waals surface area contributed by atoms with Gasteiger partial charge in [0.05, 0.1) is 25.7 Å². The highest BCUT2D eigenvalue weighted by atomic mass is 16.5. The van der Waals surface area contributed by atoms with Crippen molar-refractivity contribution >= 4 is 45.4 Å². The van der Waals surface area contributed by atoms with Crippen molar-refractivity contribution in [3.05, 3.63) is 48.0 Å². The molecule has 0 radical (unpaired) electrons. The van der Waals surface area contributed by atoms with E-state index in [1.807, 2.05) is 13.0 Å². The van der Waals surface area contributed by atoms with Crippen molar-refractivity contribution in [2.75, 3.05) is 0 Å². The number of fused-ring (bicyclic) bond motifs is 2. The van der Waals surface area contributed by atoms with Crippen molar-refractivity contribution < 1.29 is 38.9 Å². The maximum absolute atomic E-state index is 12.4. The number of carbonyl (C=O) groups excluding carboxylic acids is 2. The summed E-state index contributed by atoms with van der Waals surface area (Å²) in [6, 6.07) is 12.3. The summed E-state index contributed by atoms with van der Waals surface area (Å²) in [6.45, 7) is 1.93. The Morgan fingerprint density at radius 2 is 1.19 bits per heavy atom. The number of carboxylic acids is 2. The maximum atomic E-state index is 12.4. The SMILES string of the molecule is CCc1cccc2c(OC(=O)CCC(=O)O)c3ccccc3c(OC(=O)CCC(=O)O)c12. The quantitative estimate of drug-likeness (QED) is 0.290. The van der Waals surface area contributed by atoms with Gasteiger partial charge >= 0.3 is 23.9 Å². The van der Waals surface area contributed by atoms with E-state index in [0.717, 1.165) is 5.56 Å². The first-order valence-electron chi connectivity index (χ1n) is 10.1. The van der Waals surface area contributed by atoms with Crippen LogP contribution in [0.1, 0.15) is 38.2 Å². The Labute approximate surface area is 183 Å². The van der Waals surface area contributed by atoms with Gasteiger partial charge in [-0.05, 0) is 12.0 Å². The number of esters is 2. The number of hydrogen-bond donors (Lipinski definition) is 2. The molecule has 8 heteroatoms. The van der Waals surface area contributed by atoms with Crippen LogP contribution in [0.4, 0.5) is 0 Å². The summed E-state index contributed by atoms with van der Waals surface area (Å²) in [4.78, 5) is 46.4. The highest BCUT2D eigenvalue weighted by Crippen LogP contribution is 2.44. The van der Waals surface area contributed by atoms with Gasteiger partial charge in [-0.25, -0.2) is 0 Å². The number of carboxylic acid groups (broad SMARTS) is 2. The van der Waals surface area contributed by atoms with Crippen LogP contribution in [0.5, 0.6) is 11.5 Å². The average Bonchev–Trinajstić information content (AvgIpc) is 2.77. The number of rotatable bonds is 9. The zero-order valence-electron chi connectivity index (χ0n) is 17.4. The molecule has 0 spiro atoms. The molecule has 0 saturated heterocycles. The molecule has 0 aliphatic carbocycles. The first-order valence-corrected chi connectivity index (χ1v) is 10.1. The lowest BCUT2D eigenvalue weighted by Crippen LogP contribution is -2.13. The van der Waals surface area contributed by atoms with E-state index in [1.165, 1.54) is 0 Å². The molecular weight excluding hydrogens is 416 g/mol. The number of aryl methyl sites for hydroxylation is 1. The van der Waals surface area contributed by atoms with E-state index in [2.05, 4.69) is 0 Å². The second-order valence-electron chi connectivity index (χ2n) is 7.13. The van der Waals surface area contributed by atoms with Crippen molar-refractivity contribution in [2.45, 2.75) is 39.0 Å². The third-order valence-electron chi connectivity index (χ3n) is 4.94. The predicted octanol–water partition coefficient (Wildman–Crippen LogP) is 4.10. The monoisotopic (exact) mass is 438 g/mol. The zero-order chi connectivity index (χ0) is 23.3. The van der Waals surface area contributed by atoms with Gasteiger partial charge in [0.2, 0.25) is 0 Å². The van der Waals surface area contributed by atoms with Gasteiger partial charge in [0.25, 0.3) is 0 Å². The normalized spacial score (nSPS) is 10.8. The Bertz CT molecular complexity index is 1210. The Hall–Kier alpha value is -3.94. The number of hydrogen-bond acceptors (Lipinski definition) is 6. The van der Waals surface area contributed by atoms with E-state index >= 15 is 0 Å². The third-order valence-corrected chi connectivity index (χ3v) is 4.94. The number of carbonyl (C=O) groups is 4. The molecule has 3 rings (SSSR count). The fourth-order valence-corrected chi connectivity index (χ4v) is 3.47. The molecule has 0 aliphatic heterocycles. The van der Waals surface area contributed by atoms with Crippen LogP contribution in [0.25, 0.3) is 21.5 Å². The van der Waals surface area contributed by atoms with Gasteiger partial charge in [0, 0.05) is 21.5 Å². The van der Waals surface area contributed by atoms with Gasteiger partial charge in [-0.3, -0.25) is 19.2 Å². The van der Waals surface area contributed by atoms with E-state index in [9.17, 15) is 19.2 Å². The molecule has 0 aromatic heterocycles. The van der Waals surface area contributed by atoms with Gasteiger partial charge in [0.15, 0.2) is 0 Å². The lowest BCUT2D eigenvalue weighted by Gasteiger charge is -2.18. The average molecular weight is 438 g/mol. The molecule has 0 amide bonds. The Morgan fingerprint density at radius 1 is 0.688 bits per heavy atom. The van der Waals surface area contributed by atoms with E-state index in [1.54, 1.807) is 36.4 Å². The number of benzene rings is 3. The lowest BCUT2D eigenvalue weighted by atomic mass is 9.96. The molecule has 2 N–H and O–H groups in total. The fourth-order valence-electron chi connectivity index (χ4n) is 3.47. The first kappa shape index (κ1) is 22.7. The topological polar surface area (TPSA) is 127 Å². The molecule has 0 unspecified atom stereocenters. The van der Waals surface area contributed by atoms with Crippen LogP contribution in [0.15, 0.2) is 42.5 Å². The smallest absolute Gasteiger partial charge is 0.311 e. The molecule has 3 aromatic carbocycles. The fraction of sp³-hybridized carbons (Fsp3) is 0.250. The molecule has 0 atom stereocenters. The summed E-state index contributed by atoms with van der Waals surface area (Å²) in [5, 5.41) is 19.9. The maximum Gasteiger partial charge on any atom is 0.311 e. The molecule has 0 fully saturated rings. The number of aliphatic carboxylic acids is 2. The summed E-state index contributed by atoms with van der Waals surface area (Å²) in [5.74, 6) is -3.05. The summed E-state index contributed by atoms with van der Waals surface area (Å²) >= 11 is 0. The summed E-state index contributed by atoms with van der Waals surface area (Å²) in [7, 11) is 0. The molecule has 3 aromatic rings. The Kier molecular flexibility index (Phi) is 7.04. The second-order valence-corrected chi connectivity index (χ2v) is 7.13. The van der Waals surface area contributed by atoms with Crippen molar-refractivity contribution in [1.29, 1.82) is 0 Å². The molecular formula is C24H22O8. The lowest BCUT2D eigenvalue weighted by molar-refractivity contribution is -0.142. The zero-order valence-corrected chi connectivity index (χ0v) is 17.4. The van der Waals surface area contributed by atoms with Crippen LogP contribution in [-0.4, -0.2) is 34.1 Å². The summed E-state index contributed by atoms with van der Waals surface area (Å²) in [6.07, 6.45) is -0.680. The minimum Gasteiger partial charge on any atom is -0.481 e. The molecule has 0 heterocycles. The largest absolute Gasteiger partial charge is 0.481 e. The molecule has 0 saturated carbocycles. The summed E-state index contributed by atoms with van der Waals surface area (Å²) < 4.78 is 11.3. The Balaban J connectivity index is 2.18. The third kappa shape index (κ3) is 5.03. The van der Waals surface area contributed by atoms with E-state index in [4.69, 9.17) is 19.7 Å². The number of ether oxygens (including phenoxy) is 2. The van der Waals surface area contributed by atoms with E-state index < -0.39 is 23.9 Å². The predicted molar refractivity (Wildman–Crippen MR) is 116 cm³/mol. The molecule has 0 bridgehead atoms. The van der Waals surface area contributed by atoms with Gasteiger partial charge in [-0.2, -0.15) is 0 Å². The van der Waals surface area contributed by atoms with Gasteiger partial charge in [-0.1, -0.05) is 49.4 Å². The van der Waals surface area contributed by atoms with Crippen LogP contribution < -0.4 is 9.47 Å². The highest BCUT2D eigenvalue weighted by molar-refractivity contribution is 6.13. The van der Waals surface area contributed by atoms with Gasteiger partial charge in [0.1, 0.15) is 11.5 Å². The Morgan fingerprint density at radius 3 is 1.72 bits per heavy atom. The van der Waals surface area contributed by atoms with Crippen molar-refractivity contribution in [2.24, 2.45) is 0 Å². The highest BCUT2D eigenvalue weighted by Gasteiger charge is 2.22. The second kappa shape index (κ2) is 9.91. The minimum absolute atomic E-state index is 0.256. The van der Waals surface area contributed by atoms with Crippen LogP contribution in [0.2, 0.25) is 0 Å². The van der Waals surface area contributed by atoms with Crippen molar-refractivity contribution in [1.82, 2.24) is 0 Å². The van der Waals surface area contributed by atoms with E-state index in [-0.39, 0.29) is 37.2 Å². The van der Waals surface area contributed by atoms with Gasteiger partial charge in [-0.15, -0.1) is 0 Å². The molecule has 32 heavy (non-hydrogen) atoms. The summed E-state index contributed by atoms with van der Waals surface area (Å²) in [5.41, 5.74) is 0.845. The van der Waals surface area contributed by atoms with Crippen LogP contribution in [0.3, 0.4) is 0 Å². The van der Waals surface area contributed by atoms with Crippen LogP contribution in [0, 0.1) is 0 Å². The van der Waals surface area contributed by atoms with Crippen molar-refractivity contribution in [3.8, 4) is 11.5 Å². The van der Waals surface area contributed by atoms with Crippen LogP contribution >= 0.6 is 0 Å². The van der Waals surface area contributed by atoms with Crippen molar-refractivity contribution in [3.63, 3.8) is 0 Å². The molecule has 0 aliphatic rings. The standard InChI is InChI=1S/C24H22O8/c1-2-14-6-5-9-17-22(14)24(32-21(30)13-11-19(27)28)16-8-4-3-7-15(16)23(17)31-20(29)12-10-18(25)26/h3-9H,2,10-13H2,1H3,(H,25,26)(H,27,28). The molecule has 8 nitrogen and oxygen atoms in total. The first-order chi connectivity index (χ1) is 15.3. The molecule has 166 valence electrons. The van der Waals surface area contributed by atoms with Crippen LogP contribution in [-0.2, 0) is 25.6 Å². The van der Waals surface area contributed by atoms with Gasteiger partial charge < -0.3 is 19.7 Å². The van der Waals surface area contributed by atoms with E-state index in [0.29, 0.717) is 28.0 Å².